The Morgan fingerprint density at radius 3 is 2.24 bits per heavy atom. The van der Waals surface area contributed by atoms with Crippen LogP contribution in [0, 0.1) is 11.3 Å². The molecule has 0 radical (unpaired) electrons. The van der Waals surface area contributed by atoms with E-state index in [0.29, 0.717) is 0 Å². The number of carbonyl (C=O) groups is 3. The Kier molecular flexibility index (Phi) is 7.46. The topological polar surface area (TPSA) is 239 Å². The molecule has 0 amide bonds. The molecule has 10 unspecified atom stereocenters. The molecule has 15 heteroatoms. The van der Waals surface area contributed by atoms with Gasteiger partial charge in [-0.1, -0.05) is 18.2 Å². The first kappa shape index (κ1) is 31.0. The van der Waals surface area contributed by atoms with Crippen molar-refractivity contribution in [3.63, 3.8) is 0 Å². The second-order valence-corrected chi connectivity index (χ2v) is 12.0. The summed E-state index contributed by atoms with van der Waals surface area (Å²) in [6.07, 6.45) is -9.49. The van der Waals surface area contributed by atoms with Gasteiger partial charge in [0.25, 0.3) is 0 Å². The lowest BCUT2D eigenvalue weighted by atomic mass is 9.40. The van der Waals surface area contributed by atoms with Gasteiger partial charge >= 0.3 is 17.9 Å². The molecule has 15 nitrogen and oxygen atoms in total. The van der Waals surface area contributed by atoms with Crippen LogP contribution in [0.4, 0.5) is 0 Å². The molecule has 3 saturated carbocycles. The van der Waals surface area contributed by atoms with E-state index in [2.05, 4.69) is 0 Å². The number of hydrogen-bond donors (Lipinski definition) is 7. The van der Waals surface area contributed by atoms with Gasteiger partial charge < -0.3 is 59.4 Å². The van der Waals surface area contributed by atoms with Crippen molar-refractivity contribution in [3.05, 3.63) is 53.6 Å². The lowest BCUT2D eigenvalue weighted by Gasteiger charge is -2.66. The molecule has 0 aromatic heterocycles. The van der Waals surface area contributed by atoms with Crippen LogP contribution in [0.25, 0.3) is 0 Å². The predicted octanol–water partition coefficient (Wildman–Crippen LogP) is -0.533. The molecule has 0 spiro atoms. The number of benzene rings is 2. The predicted molar refractivity (Wildman–Crippen MR) is 145 cm³/mol. The van der Waals surface area contributed by atoms with E-state index in [4.69, 9.17) is 23.7 Å². The molecule has 2 aliphatic heterocycles. The largest absolute Gasteiger partial charge is 0.504 e. The van der Waals surface area contributed by atoms with Gasteiger partial charge in [-0.2, -0.15) is 0 Å². The monoisotopic (exact) mass is 632 g/mol. The van der Waals surface area contributed by atoms with Crippen molar-refractivity contribution in [3.8, 4) is 17.2 Å². The van der Waals surface area contributed by atoms with Crippen molar-refractivity contribution in [1.82, 2.24) is 0 Å². The minimum atomic E-state index is -1.82. The van der Waals surface area contributed by atoms with Crippen LogP contribution >= 0.6 is 0 Å². The van der Waals surface area contributed by atoms with E-state index in [9.17, 15) is 50.1 Å². The number of carbonyl (C=O) groups excluding carboxylic acids is 3. The Labute approximate surface area is 255 Å². The minimum Gasteiger partial charge on any atom is -0.504 e. The summed E-state index contributed by atoms with van der Waals surface area (Å²) in [6, 6.07) is 9.73. The molecule has 5 fully saturated rings. The van der Waals surface area contributed by atoms with Crippen LogP contribution in [-0.4, -0.2) is 115 Å². The van der Waals surface area contributed by atoms with E-state index in [1.807, 2.05) is 0 Å². The summed E-state index contributed by atoms with van der Waals surface area (Å²) in [5.41, 5.74) is -5.17. The maximum atomic E-state index is 13.8. The van der Waals surface area contributed by atoms with Crippen LogP contribution in [0.15, 0.2) is 42.5 Å². The maximum absolute atomic E-state index is 13.8. The van der Waals surface area contributed by atoms with Crippen LogP contribution in [0.3, 0.4) is 0 Å². The lowest BCUT2D eigenvalue weighted by molar-refractivity contribution is -0.393. The smallest absolute Gasteiger partial charge is 0.338 e. The first-order chi connectivity index (χ1) is 21.3. The SMILES string of the molecule is CC12CC(OC(=O)c3cc(O)c(O)c(O)c3)C3CC1(OC1OC(CO)C(O)C(O)C1O)C3(COC(=O)c1ccccc1)C(=O)O2. The van der Waals surface area contributed by atoms with E-state index in [1.165, 1.54) is 19.1 Å². The number of aliphatic hydroxyl groups is 4. The zero-order valence-corrected chi connectivity index (χ0v) is 23.8. The van der Waals surface area contributed by atoms with Crippen LogP contribution < -0.4 is 0 Å². The zero-order valence-electron chi connectivity index (χ0n) is 23.8. The Balaban J connectivity index is 1.34. The quantitative estimate of drug-likeness (QED) is 0.110. The van der Waals surface area contributed by atoms with E-state index in [1.54, 1.807) is 18.2 Å². The van der Waals surface area contributed by atoms with Crippen molar-refractivity contribution in [2.24, 2.45) is 11.3 Å². The van der Waals surface area contributed by atoms with E-state index >= 15 is 0 Å². The highest BCUT2D eigenvalue weighted by atomic mass is 16.7. The number of phenolic OH excluding ortho intramolecular Hbond substituents is 3. The Morgan fingerprint density at radius 2 is 1.60 bits per heavy atom. The van der Waals surface area contributed by atoms with Gasteiger partial charge in [0, 0.05) is 12.3 Å². The van der Waals surface area contributed by atoms with Gasteiger partial charge in [-0.15, -0.1) is 0 Å². The third-order valence-corrected chi connectivity index (χ3v) is 9.61. The summed E-state index contributed by atoms with van der Waals surface area (Å²) in [5, 5.41) is 70.5. The maximum Gasteiger partial charge on any atom is 0.338 e. The van der Waals surface area contributed by atoms with E-state index in [-0.39, 0.29) is 24.0 Å². The number of ether oxygens (including phenoxy) is 5. The Morgan fingerprint density at radius 1 is 0.933 bits per heavy atom. The summed E-state index contributed by atoms with van der Waals surface area (Å²) >= 11 is 0. The molecule has 4 bridgehead atoms. The van der Waals surface area contributed by atoms with Gasteiger partial charge in [0.2, 0.25) is 0 Å². The molecule has 10 atom stereocenters. The number of phenols is 3. The Bertz CT molecular complexity index is 1490. The summed E-state index contributed by atoms with van der Waals surface area (Å²) in [7, 11) is 0. The van der Waals surface area contributed by atoms with Crippen LogP contribution in [0.5, 0.6) is 17.2 Å². The van der Waals surface area contributed by atoms with Crippen molar-refractivity contribution in [2.75, 3.05) is 13.2 Å². The molecular formula is C30H32O15. The molecule has 45 heavy (non-hydrogen) atoms. The first-order valence-electron chi connectivity index (χ1n) is 14.2. The van der Waals surface area contributed by atoms with Crippen molar-refractivity contribution < 1.29 is 73.8 Å². The van der Waals surface area contributed by atoms with Gasteiger partial charge in [-0.25, -0.2) is 9.59 Å². The van der Waals surface area contributed by atoms with Gasteiger partial charge in [0.15, 0.2) is 23.5 Å². The molecule has 2 aromatic rings. The van der Waals surface area contributed by atoms with Crippen molar-refractivity contribution in [1.29, 1.82) is 0 Å². The fourth-order valence-corrected chi connectivity index (χ4v) is 7.21. The number of esters is 3. The van der Waals surface area contributed by atoms with E-state index < -0.39 is 108 Å². The van der Waals surface area contributed by atoms with Gasteiger partial charge in [-0.05, 0) is 37.6 Å². The van der Waals surface area contributed by atoms with Gasteiger partial charge in [0.1, 0.15) is 53.7 Å². The molecule has 2 heterocycles. The first-order valence-corrected chi connectivity index (χ1v) is 14.2. The third kappa shape index (κ3) is 4.45. The van der Waals surface area contributed by atoms with Gasteiger partial charge in [0.05, 0.1) is 17.7 Å². The highest BCUT2D eigenvalue weighted by molar-refractivity contribution is 5.92. The second-order valence-electron chi connectivity index (χ2n) is 12.0. The molecule has 3 aliphatic carbocycles. The Hall–Kier alpha value is -3.99. The molecular weight excluding hydrogens is 600 g/mol. The molecule has 7 rings (SSSR count). The third-order valence-electron chi connectivity index (χ3n) is 9.61. The molecule has 5 aliphatic rings. The number of fused-ring (bicyclic) bond motifs is 1. The highest BCUT2D eigenvalue weighted by Gasteiger charge is 2.89. The van der Waals surface area contributed by atoms with Crippen molar-refractivity contribution in [2.45, 2.75) is 67.8 Å². The van der Waals surface area contributed by atoms with Crippen LogP contribution in [-0.2, 0) is 28.5 Å². The fourth-order valence-electron chi connectivity index (χ4n) is 7.21. The van der Waals surface area contributed by atoms with Crippen molar-refractivity contribution >= 4 is 17.9 Å². The molecule has 7 N–H and O–H groups in total. The van der Waals surface area contributed by atoms with E-state index in [0.717, 1.165) is 12.1 Å². The summed E-state index contributed by atoms with van der Waals surface area (Å²) in [5.74, 6) is -5.87. The normalized spacial score (nSPS) is 38.2. The fraction of sp³-hybridized carbons (Fsp3) is 0.500. The second kappa shape index (κ2) is 10.8. The number of aromatic hydroxyl groups is 3. The molecule has 2 aromatic carbocycles. The summed E-state index contributed by atoms with van der Waals surface area (Å²) in [6.45, 7) is 0.170. The summed E-state index contributed by atoms with van der Waals surface area (Å²) in [4.78, 5) is 39.9. The molecule has 2 saturated heterocycles. The average Bonchev–Trinajstić information content (AvgIpc) is 3.07. The number of aliphatic hydroxyl groups excluding tert-OH is 4. The number of hydrogen-bond acceptors (Lipinski definition) is 15. The zero-order chi connectivity index (χ0) is 32.5. The van der Waals surface area contributed by atoms with Gasteiger partial charge in [-0.3, -0.25) is 4.79 Å². The lowest BCUT2D eigenvalue weighted by Crippen LogP contribution is -2.80. The number of rotatable bonds is 8. The molecule has 242 valence electrons. The summed E-state index contributed by atoms with van der Waals surface area (Å²) < 4.78 is 29.1. The standard InChI is InChI=1S/C30H32O15/c1-28-10-18(42-25(39)14-7-16(32)20(34)17(33)8-14)15-9-30(28,44-26-23(37)22(36)21(35)19(11-31)43-26)29(15,27(40)45-28)12-41-24(38)13-5-3-2-4-6-13/h2-8,15,18-19,21-23,26,31-37H,9-12H2,1H3. The average molecular weight is 633 g/mol. The van der Waals surface area contributed by atoms with Crippen LogP contribution in [0.1, 0.15) is 40.5 Å². The minimum absolute atomic E-state index is 0.0445. The van der Waals surface area contributed by atoms with Crippen LogP contribution in [0.2, 0.25) is 0 Å². The highest BCUT2D eigenvalue weighted by Crippen LogP contribution is 2.74.